The molecule has 0 saturated carbocycles. The molecule has 0 atom stereocenters. The fourth-order valence-corrected chi connectivity index (χ4v) is 3.65. The average molecular weight is 521 g/mol. The molecule has 36 heavy (non-hydrogen) atoms. The molecule has 3 aromatic carbocycles. The van der Waals surface area contributed by atoms with E-state index in [-0.39, 0.29) is 34.1 Å². The van der Waals surface area contributed by atoms with Crippen LogP contribution in [0.2, 0.25) is 0 Å². The number of non-ortho nitro benzene ring substituents is 1. The van der Waals surface area contributed by atoms with E-state index in [9.17, 15) is 36.9 Å². The molecule has 0 spiro atoms. The number of amides is 3. The van der Waals surface area contributed by atoms with E-state index in [1.54, 1.807) is 4.72 Å². The van der Waals surface area contributed by atoms with Gasteiger partial charge in [0, 0.05) is 35.1 Å². The molecule has 0 fully saturated rings. The quantitative estimate of drug-likeness (QED) is 0.259. The maximum absolute atomic E-state index is 13.4. The van der Waals surface area contributed by atoms with Gasteiger partial charge in [0.2, 0.25) is 0 Å². The first-order valence-electron chi connectivity index (χ1n) is 9.78. The zero-order valence-electron chi connectivity index (χ0n) is 18.2. The summed E-state index contributed by atoms with van der Waals surface area (Å²) in [7, 11) is -3.34. The molecular formula is C21H17F2N5O7S. The molecule has 15 heteroatoms. The monoisotopic (exact) mass is 521 g/mol. The molecule has 0 bridgehead atoms. The van der Waals surface area contributed by atoms with Crippen LogP contribution < -0.4 is 24.8 Å². The van der Waals surface area contributed by atoms with Crippen molar-refractivity contribution in [1.29, 1.82) is 0 Å². The number of ether oxygens (including phenoxy) is 1. The van der Waals surface area contributed by atoms with Crippen molar-refractivity contribution in [2.24, 2.45) is 0 Å². The first-order valence-corrected chi connectivity index (χ1v) is 11.3. The smallest absolute Gasteiger partial charge is 0.334 e. The Balaban J connectivity index is 1.74. The van der Waals surface area contributed by atoms with Gasteiger partial charge in [-0.1, -0.05) is 6.07 Å². The summed E-state index contributed by atoms with van der Waals surface area (Å²) in [5.74, 6) is -3.06. The van der Waals surface area contributed by atoms with Crippen LogP contribution in [0.15, 0.2) is 60.7 Å². The van der Waals surface area contributed by atoms with Crippen LogP contribution >= 0.6 is 0 Å². The van der Waals surface area contributed by atoms with E-state index in [4.69, 9.17) is 4.74 Å². The molecule has 0 saturated heterocycles. The lowest BCUT2D eigenvalue weighted by Gasteiger charge is -2.14. The number of rotatable bonds is 8. The van der Waals surface area contributed by atoms with Gasteiger partial charge in [-0.25, -0.2) is 18.3 Å². The number of nitrogens with one attached hydrogen (secondary N) is 4. The Kier molecular flexibility index (Phi) is 7.64. The maximum Gasteiger partial charge on any atom is 0.334 e. The van der Waals surface area contributed by atoms with Gasteiger partial charge in [0.15, 0.2) is 11.6 Å². The third-order valence-corrected chi connectivity index (χ3v) is 5.37. The minimum atomic E-state index is -4.57. The third kappa shape index (κ3) is 6.63. The molecule has 3 rings (SSSR count). The van der Waals surface area contributed by atoms with E-state index in [2.05, 4.69) is 10.6 Å². The summed E-state index contributed by atoms with van der Waals surface area (Å²) in [5.41, 5.74) is -0.718. The van der Waals surface area contributed by atoms with Crippen molar-refractivity contribution in [3.05, 3.63) is 88.0 Å². The van der Waals surface area contributed by atoms with E-state index >= 15 is 0 Å². The number of anilines is 3. The molecule has 0 aliphatic rings. The number of methoxy groups -OCH3 is 1. The number of carbonyl (C=O) groups excluding carboxylic acids is 2. The second-order valence-corrected chi connectivity index (χ2v) is 8.38. The molecule has 3 amide bonds. The summed E-state index contributed by atoms with van der Waals surface area (Å²) in [4.78, 5) is 34.8. The van der Waals surface area contributed by atoms with Gasteiger partial charge in [-0.05, 0) is 36.4 Å². The molecule has 0 radical (unpaired) electrons. The third-order valence-electron chi connectivity index (χ3n) is 4.43. The second-order valence-electron chi connectivity index (χ2n) is 6.97. The molecule has 4 N–H and O–H groups in total. The topological polar surface area (TPSA) is 169 Å². The SMILES string of the molecule is COc1ccc(C(=O)Nc2ccc(F)c(F)c2)cc1NS(=O)(=O)NC(=O)Nc1cccc([N+](=O)[O-])c1. The number of nitro groups is 1. The summed E-state index contributed by atoms with van der Waals surface area (Å²) >= 11 is 0. The van der Waals surface area contributed by atoms with Crippen molar-refractivity contribution >= 4 is 44.9 Å². The molecule has 0 aromatic heterocycles. The minimum absolute atomic E-state index is 0.0103. The Morgan fingerprint density at radius 2 is 1.67 bits per heavy atom. The Labute approximate surface area is 202 Å². The van der Waals surface area contributed by atoms with Gasteiger partial charge >= 0.3 is 16.2 Å². The lowest BCUT2D eigenvalue weighted by atomic mass is 10.1. The summed E-state index contributed by atoms with van der Waals surface area (Å²) < 4.78 is 60.2. The van der Waals surface area contributed by atoms with Gasteiger partial charge in [0.1, 0.15) is 5.75 Å². The van der Waals surface area contributed by atoms with E-state index < -0.39 is 38.7 Å². The van der Waals surface area contributed by atoms with Gasteiger partial charge in [0.05, 0.1) is 17.7 Å². The molecule has 3 aromatic rings. The van der Waals surface area contributed by atoms with Crippen molar-refractivity contribution in [3.63, 3.8) is 0 Å². The van der Waals surface area contributed by atoms with Gasteiger partial charge < -0.3 is 15.4 Å². The predicted octanol–water partition coefficient (Wildman–Crippen LogP) is 3.61. The van der Waals surface area contributed by atoms with Gasteiger partial charge in [-0.2, -0.15) is 8.42 Å². The van der Waals surface area contributed by atoms with Crippen molar-refractivity contribution in [1.82, 2.24) is 4.72 Å². The Hall–Kier alpha value is -4.79. The summed E-state index contributed by atoms with van der Waals surface area (Å²) in [6.07, 6.45) is 0. The van der Waals surface area contributed by atoms with Crippen LogP contribution in [0.5, 0.6) is 5.75 Å². The lowest BCUT2D eigenvalue weighted by Crippen LogP contribution is -2.38. The van der Waals surface area contributed by atoms with Gasteiger partial charge in [-0.3, -0.25) is 19.6 Å². The number of urea groups is 1. The Bertz CT molecular complexity index is 1450. The van der Waals surface area contributed by atoms with Crippen LogP contribution in [0.1, 0.15) is 10.4 Å². The number of hydrogen-bond acceptors (Lipinski definition) is 7. The summed E-state index contributed by atoms with van der Waals surface area (Å²) in [5, 5.41) is 15.3. The van der Waals surface area contributed by atoms with E-state index in [0.717, 1.165) is 30.3 Å². The number of hydrogen-bond donors (Lipinski definition) is 4. The van der Waals surface area contributed by atoms with Crippen LogP contribution in [0, 0.1) is 21.7 Å². The predicted molar refractivity (Wildman–Crippen MR) is 125 cm³/mol. The van der Waals surface area contributed by atoms with Crippen LogP contribution in [-0.4, -0.2) is 32.4 Å². The van der Waals surface area contributed by atoms with Crippen molar-refractivity contribution in [2.75, 3.05) is 22.5 Å². The lowest BCUT2D eigenvalue weighted by molar-refractivity contribution is -0.384. The van der Waals surface area contributed by atoms with Crippen LogP contribution in [0.25, 0.3) is 0 Å². The van der Waals surface area contributed by atoms with E-state index in [1.165, 1.54) is 37.4 Å². The zero-order chi connectivity index (χ0) is 26.5. The maximum atomic E-state index is 13.4. The van der Waals surface area contributed by atoms with Crippen molar-refractivity contribution in [2.45, 2.75) is 0 Å². The normalized spacial score (nSPS) is 10.8. The highest BCUT2D eigenvalue weighted by atomic mass is 32.2. The van der Waals surface area contributed by atoms with Crippen molar-refractivity contribution < 1.29 is 36.4 Å². The van der Waals surface area contributed by atoms with E-state index in [1.807, 2.05) is 4.72 Å². The number of halogens is 2. The largest absolute Gasteiger partial charge is 0.495 e. The molecule has 0 aliphatic heterocycles. The van der Waals surface area contributed by atoms with Crippen LogP contribution in [-0.2, 0) is 10.2 Å². The minimum Gasteiger partial charge on any atom is -0.495 e. The molecule has 188 valence electrons. The van der Waals surface area contributed by atoms with Gasteiger partial charge in [0.25, 0.3) is 11.6 Å². The van der Waals surface area contributed by atoms with Gasteiger partial charge in [-0.15, -0.1) is 0 Å². The standard InChI is InChI=1S/C21H17F2N5O7S/c1-35-19-8-5-12(20(29)24-14-6-7-16(22)17(23)11-14)9-18(19)26-36(33,34)27-21(30)25-13-3-2-4-15(10-13)28(31)32/h2-11,26H,1H3,(H,24,29)(H2,25,27,30). The second kappa shape index (κ2) is 10.6. The Morgan fingerprint density at radius 1 is 0.944 bits per heavy atom. The average Bonchev–Trinajstić information content (AvgIpc) is 2.80. The molecular weight excluding hydrogens is 504 g/mol. The number of carbonyl (C=O) groups is 2. The molecule has 0 aliphatic carbocycles. The fraction of sp³-hybridized carbons (Fsp3) is 0.0476. The zero-order valence-corrected chi connectivity index (χ0v) is 19.1. The van der Waals surface area contributed by atoms with Crippen molar-refractivity contribution in [3.8, 4) is 5.75 Å². The van der Waals surface area contributed by atoms with Crippen LogP contribution in [0.4, 0.5) is 36.3 Å². The molecule has 0 heterocycles. The molecule has 12 nitrogen and oxygen atoms in total. The summed E-state index contributed by atoms with van der Waals surface area (Å²) in [6.45, 7) is 0. The fourth-order valence-electron chi connectivity index (χ4n) is 2.85. The Morgan fingerprint density at radius 3 is 2.33 bits per heavy atom. The first kappa shape index (κ1) is 25.8. The number of benzene rings is 3. The highest BCUT2D eigenvalue weighted by Crippen LogP contribution is 2.27. The highest BCUT2D eigenvalue weighted by Gasteiger charge is 2.19. The summed E-state index contributed by atoms with van der Waals surface area (Å²) in [6, 6.07) is 9.95. The van der Waals surface area contributed by atoms with E-state index in [0.29, 0.717) is 0 Å². The van der Waals surface area contributed by atoms with Crippen LogP contribution in [0.3, 0.4) is 0 Å². The number of nitro benzene ring substituents is 1. The highest BCUT2D eigenvalue weighted by molar-refractivity contribution is 7.91. The molecule has 0 unspecified atom stereocenters. The first-order chi connectivity index (χ1) is 17.0. The number of nitrogens with zero attached hydrogens (tertiary/aromatic N) is 1.